The second kappa shape index (κ2) is 6.26. The highest BCUT2D eigenvalue weighted by atomic mass is 19.4. The lowest BCUT2D eigenvalue weighted by Gasteiger charge is -2.12. The lowest BCUT2D eigenvalue weighted by Crippen LogP contribution is -2.13. The lowest BCUT2D eigenvalue weighted by atomic mass is 10.1. The van der Waals surface area contributed by atoms with Gasteiger partial charge in [0.15, 0.2) is 0 Å². The van der Waals surface area contributed by atoms with Crippen molar-refractivity contribution in [2.45, 2.75) is 19.0 Å². The first-order valence-corrected chi connectivity index (χ1v) is 5.54. The van der Waals surface area contributed by atoms with Crippen LogP contribution in [-0.4, -0.2) is 17.7 Å². The molecule has 19 heavy (non-hydrogen) atoms. The van der Waals surface area contributed by atoms with Gasteiger partial charge in [0.1, 0.15) is 5.75 Å². The van der Waals surface area contributed by atoms with Crippen LogP contribution in [0.1, 0.15) is 28.8 Å². The molecule has 0 atom stereocenters. The Kier molecular flexibility index (Phi) is 4.97. The van der Waals surface area contributed by atoms with E-state index in [1.165, 1.54) is 6.07 Å². The van der Waals surface area contributed by atoms with Gasteiger partial charge in [0, 0.05) is 0 Å². The molecule has 0 saturated heterocycles. The van der Waals surface area contributed by atoms with E-state index in [1.54, 1.807) is 6.08 Å². The minimum absolute atomic E-state index is 0.00128. The molecule has 6 heteroatoms. The van der Waals surface area contributed by atoms with Gasteiger partial charge in [-0.1, -0.05) is 6.08 Å². The number of allylic oxidation sites excluding steroid dienone is 1. The topological polar surface area (TPSA) is 46.5 Å². The summed E-state index contributed by atoms with van der Waals surface area (Å²) in [6, 6.07) is 2.82. The quantitative estimate of drug-likeness (QED) is 0.634. The molecule has 1 N–H and O–H groups in total. The van der Waals surface area contributed by atoms with Crippen LogP contribution in [0.4, 0.5) is 13.2 Å². The van der Waals surface area contributed by atoms with E-state index in [1.807, 2.05) is 0 Å². The van der Waals surface area contributed by atoms with E-state index in [9.17, 15) is 18.0 Å². The van der Waals surface area contributed by atoms with Crippen LogP contribution in [-0.2, 0) is 6.18 Å². The predicted molar refractivity (Wildman–Crippen MR) is 63.3 cm³/mol. The number of alkyl halides is 3. The number of aromatic carboxylic acids is 1. The maximum atomic E-state index is 12.7. The molecule has 1 rings (SSSR count). The zero-order valence-corrected chi connectivity index (χ0v) is 10.0. The summed E-state index contributed by atoms with van der Waals surface area (Å²) >= 11 is 0. The fourth-order valence-corrected chi connectivity index (χ4v) is 1.45. The molecule has 0 radical (unpaired) electrons. The van der Waals surface area contributed by atoms with Crippen molar-refractivity contribution < 1.29 is 27.8 Å². The van der Waals surface area contributed by atoms with E-state index < -0.39 is 23.3 Å². The number of carboxylic acids is 1. The molecule has 0 aliphatic rings. The molecule has 1 aromatic carbocycles. The molecule has 1 aromatic rings. The van der Waals surface area contributed by atoms with Crippen LogP contribution in [0, 0.1) is 0 Å². The standard InChI is InChI=1S/C13H13F3O3/c1-2-3-4-7-19-9-5-6-10(12(17)18)11(8-9)13(14,15)16/h2,5-6,8H,1,3-4,7H2,(H,17,18). The number of hydrogen-bond donors (Lipinski definition) is 1. The number of ether oxygens (including phenoxy) is 1. The van der Waals surface area contributed by atoms with Gasteiger partial charge in [0.05, 0.1) is 17.7 Å². The molecule has 0 aromatic heterocycles. The smallest absolute Gasteiger partial charge is 0.417 e. The van der Waals surface area contributed by atoms with Gasteiger partial charge < -0.3 is 9.84 Å². The van der Waals surface area contributed by atoms with Gasteiger partial charge in [0.25, 0.3) is 0 Å². The molecule has 0 unspecified atom stereocenters. The van der Waals surface area contributed by atoms with E-state index in [0.717, 1.165) is 6.07 Å². The summed E-state index contributed by atoms with van der Waals surface area (Å²) in [4.78, 5) is 10.7. The highest BCUT2D eigenvalue weighted by Crippen LogP contribution is 2.34. The average Bonchev–Trinajstić information content (AvgIpc) is 2.33. The van der Waals surface area contributed by atoms with Crippen LogP contribution in [0.5, 0.6) is 5.75 Å². The van der Waals surface area contributed by atoms with Crippen molar-refractivity contribution in [3.63, 3.8) is 0 Å². The number of hydrogen-bond acceptors (Lipinski definition) is 2. The number of rotatable bonds is 6. The van der Waals surface area contributed by atoms with Crippen LogP contribution in [0.15, 0.2) is 30.9 Å². The first-order chi connectivity index (χ1) is 8.86. The van der Waals surface area contributed by atoms with Gasteiger partial charge in [-0.05, 0) is 31.0 Å². The normalized spacial score (nSPS) is 11.1. The zero-order chi connectivity index (χ0) is 14.5. The molecule has 0 saturated carbocycles. The van der Waals surface area contributed by atoms with Crippen LogP contribution in [0.2, 0.25) is 0 Å². The third-order valence-electron chi connectivity index (χ3n) is 2.35. The monoisotopic (exact) mass is 274 g/mol. The van der Waals surface area contributed by atoms with Crippen LogP contribution in [0.25, 0.3) is 0 Å². The Morgan fingerprint density at radius 2 is 2.11 bits per heavy atom. The summed E-state index contributed by atoms with van der Waals surface area (Å²) in [7, 11) is 0. The summed E-state index contributed by atoms with van der Waals surface area (Å²) in [6.07, 6.45) is -1.73. The lowest BCUT2D eigenvalue weighted by molar-refractivity contribution is -0.138. The van der Waals surface area contributed by atoms with E-state index in [2.05, 4.69) is 6.58 Å². The fraction of sp³-hybridized carbons (Fsp3) is 0.308. The summed E-state index contributed by atoms with van der Waals surface area (Å²) in [5.74, 6) is -1.62. The van der Waals surface area contributed by atoms with Gasteiger partial charge in [-0.15, -0.1) is 6.58 Å². The first-order valence-electron chi connectivity index (χ1n) is 5.54. The molecular formula is C13H13F3O3. The van der Waals surface area contributed by atoms with E-state index in [-0.39, 0.29) is 12.4 Å². The minimum atomic E-state index is -4.73. The predicted octanol–water partition coefficient (Wildman–Crippen LogP) is 3.75. The number of carbonyl (C=O) groups is 1. The number of carboxylic acid groups (broad SMARTS) is 1. The van der Waals surface area contributed by atoms with Crippen LogP contribution in [0.3, 0.4) is 0 Å². The van der Waals surface area contributed by atoms with Crippen LogP contribution >= 0.6 is 0 Å². The minimum Gasteiger partial charge on any atom is -0.494 e. The van der Waals surface area contributed by atoms with E-state index in [0.29, 0.717) is 18.9 Å². The Hall–Kier alpha value is -1.98. The SMILES string of the molecule is C=CCCCOc1ccc(C(=O)O)c(C(F)(F)F)c1. The van der Waals surface area contributed by atoms with Gasteiger partial charge in [-0.3, -0.25) is 0 Å². The summed E-state index contributed by atoms with van der Waals surface area (Å²) in [5.41, 5.74) is -1.99. The number of unbranched alkanes of at least 4 members (excludes halogenated alkanes) is 1. The molecular weight excluding hydrogens is 261 g/mol. The van der Waals surface area contributed by atoms with Crippen molar-refractivity contribution in [2.24, 2.45) is 0 Å². The molecule has 0 heterocycles. The fourth-order valence-electron chi connectivity index (χ4n) is 1.45. The molecule has 104 valence electrons. The number of halogens is 3. The molecule has 0 amide bonds. The van der Waals surface area contributed by atoms with Gasteiger partial charge >= 0.3 is 12.1 Å². The van der Waals surface area contributed by atoms with E-state index in [4.69, 9.17) is 9.84 Å². The van der Waals surface area contributed by atoms with E-state index >= 15 is 0 Å². The number of benzene rings is 1. The van der Waals surface area contributed by atoms with Gasteiger partial charge in [0.2, 0.25) is 0 Å². The van der Waals surface area contributed by atoms with Crippen LogP contribution < -0.4 is 4.74 Å². The third kappa shape index (κ3) is 4.31. The molecule has 3 nitrogen and oxygen atoms in total. The van der Waals surface area contributed by atoms with Gasteiger partial charge in [-0.2, -0.15) is 13.2 Å². The Labute approximate surface area is 108 Å². The summed E-state index contributed by atoms with van der Waals surface area (Å²) in [6.45, 7) is 3.76. The second-order valence-corrected chi connectivity index (χ2v) is 3.79. The Morgan fingerprint density at radius 3 is 2.63 bits per heavy atom. The highest BCUT2D eigenvalue weighted by molar-refractivity contribution is 5.89. The molecule has 0 spiro atoms. The van der Waals surface area contributed by atoms with Crippen molar-refractivity contribution in [3.05, 3.63) is 42.0 Å². The summed E-state index contributed by atoms with van der Waals surface area (Å²) in [5, 5.41) is 8.71. The van der Waals surface area contributed by atoms with Crippen molar-refractivity contribution in [1.29, 1.82) is 0 Å². The highest BCUT2D eigenvalue weighted by Gasteiger charge is 2.35. The van der Waals surface area contributed by atoms with Crippen molar-refractivity contribution in [1.82, 2.24) is 0 Å². The molecule has 0 bridgehead atoms. The Bertz CT molecular complexity index is 467. The van der Waals surface area contributed by atoms with Crippen molar-refractivity contribution in [3.8, 4) is 5.75 Å². The van der Waals surface area contributed by atoms with Crippen molar-refractivity contribution >= 4 is 5.97 Å². The summed E-state index contributed by atoms with van der Waals surface area (Å²) < 4.78 is 43.2. The van der Waals surface area contributed by atoms with Gasteiger partial charge in [-0.25, -0.2) is 4.79 Å². The first kappa shape index (κ1) is 15.1. The maximum absolute atomic E-state index is 12.7. The zero-order valence-electron chi connectivity index (χ0n) is 10.0. The Morgan fingerprint density at radius 1 is 1.42 bits per heavy atom. The molecule has 0 aliphatic carbocycles. The maximum Gasteiger partial charge on any atom is 0.417 e. The third-order valence-corrected chi connectivity index (χ3v) is 2.35. The molecule has 0 fully saturated rings. The Balaban J connectivity index is 2.92. The largest absolute Gasteiger partial charge is 0.494 e. The average molecular weight is 274 g/mol. The molecule has 0 aliphatic heterocycles. The van der Waals surface area contributed by atoms with Crippen molar-refractivity contribution in [2.75, 3.05) is 6.61 Å². The second-order valence-electron chi connectivity index (χ2n) is 3.79.